The summed E-state index contributed by atoms with van der Waals surface area (Å²) in [4.78, 5) is 0. The maximum Gasteiger partial charge on any atom is 0.168 e. The lowest BCUT2D eigenvalue weighted by atomic mass is 10.2. The third-order valence-electron chi connectivity index (χ3n) is 3.21. The van der Waals surface area contributed by atoms with E-state index in [0.29, 0.717) is 18.1 Å². The van der Waals surface area contributed by atoms with Gasteiger partial charge >= 0.3 is 0 Å². The number of ether oxygens (including phenoxy) is 2. The topological polar surface area (TPSA) is 35.5 Å². The van der Waals surface area contributed by atoms with Gasteiger partial charge in [-0.25, -0.2) is 0 Å². The molecule has 2 aromatic carbocycles. The van der Waals surface area contributed by atoms with Crippen molar-refractivity contribution in [2.24, 2.45) is 0 Å². The summed E-state index contributed by atoms with van der Waals surface area (Å²) in [6, 6.07) is 15.7. The van der Waals surface area contributed by atoms with E-state index in [1.165, 1.54) is 11.8 Å². The normalized spacial score (nSPS) is 12.7. The van der Waals surface area contributed by atoms with Crippen molar-refractivity contribution in [2.75, 3.05) is 19.6 Å². The van der Waals surface area contributed by atoms with Gasteiger partial charge in [-0.1, -0.05) is 42.5 Å². The van der Waals surface area contributed by atoms with Gasteiger partial charge in [0.1, 0.15) is 6.61 Å². The molecule has 0 saturated heterocycles. The van der Waals surface area contributed by atoms with Crippen LogP contribution in [0.2, 0.25) is 0 Å². The molecular weight excluding hydrogens is 328 g/mol. The molecule has 2 rings (SSSR count). The van der Waals surface area contributed by atoms with Crippen LogP contribution in [-0.2, 0) is 17.4 Å². The number of para-hydroxylation sites is 1. The molecule has 0 N–H and O–H groups in total. The maximum absolute atomic E-state index is 11.8. The summed E-state index contributed by atoms with van der Waals surface area (Å²) in [7, 11) is 0.584. The molecule has 0 fully saturated rings. The second-order valence-electron chi connectivity index (χ2n) is 4.77. The summed E-state index contributed by atoms with van der Waals surface area (Å²) >= 11 is 1.47. The molecule has 1 atom stereocenters. The van der Waals surface area contributed by atoms with Gasteiger partial charge in [0, 0.05) is 11.8 Å². The van der Waals surface area contributed by atoms with Gasteiger partial charge in [-0.15, -0.1) is 11.8 Å². The van der Waals surface area contributed by atoms with Crippen LogP contribution in [0, 0.1) is 0 Å². The first kappa shape index (κ1) is 17.6. The monoisotopic (exact) mass is 348 g/mol. The van der Waals surface area contributed by atoms with E-state index in [4.69, 9.17) is 9.47 Å². The quantitative estimate of drug-likeness (QED) is 0.747. The fraction of sp³-hybridized carbons (Fsp3) is 0.222. The summed E-state index contributed by atoms with van der Waals surface area (Å²) < 4.78 is 24.0. The van der Waals surface area contributed by atoms with Gasteiger partial charge in [0.25, 0.3) is 0 Å². The van der Waals surface area contributed by atoms with Crippen molar-refractivity contribution < 1.29 is 13.7 Å². The second kappa shape index (κ2) is 8.79. The average Bonchev–Trinajstić information content (AvgIpc) is 2.58. The van der Waals surface area contributed by atoms with Crippen LogP contribution in [0.15, 0.2) is 52.8 Å². The van der Waals surface area contributed by atoms with Crippen molar-refractivity contribution in [3.63, 3.8) is 0 Å². The Kier molecular flexibility index (Phi) is 6.74. The van der Waals surface area contributed by atoms with Gasteiger partial charge in [-0.2, -0.15) is 0 Å². The SMILES string of the molecule is COc1cccc(/C=C(\SC)S(C)=O)c1OCc1ccccc1. The predicted molar refractivity (Wildman–Crippen MR) is 99.3 cm³/mol. The van der Waals surface area contributed by atoms with Crippen LogP contribution in [0.25, 0.3) is 6.08 Å². The molecule has 0 spiro atoms. The Morgan fingerprint density at radius 1 is 1.17 bits per heavy atom. The van der Waals surface area contributed by atoms with Crippen LogP contribution >= 0.6 is 11.8 Å². The Morgan fingerprint density at radius 3 is 2.52 bits per heavy atom. The van der Waals surface area contributed by atoms with Gasteiger partial charge in [0.15, 0.2) is 11.5 Å². The number of thioether (sulfide) groups is 1. The molecular formula is C18H20O3S2. The average molecular weight is 348 g/mol. The molecule has 0 amide bonds. The minimum absolute atomic E-state index is 0.450. The molecule has 0 aliphatic heterocycles. The zero-order valence-electron chi connectivity index (χ0n) is 13.4. The van der Waals surface area contributed by atoms with Crippen LogP contribution < -0.4 is 9.47 Å². The Balaban J connectivity index is 2.34. The van der Waals surface area contributed by atoms with Gasteiger partial charge in [0.05, 0.1) is 22.1 Å². The van der Waals surface area contributed by atoms with Gasteiger partial charge in [-0.05, 0) is 24.0 Å². The van der Waals surface area contributed by atoms with Crippen molar-refractivity contribution in [1.29, 1.82) is 0 Å². The standard InChI is InChI=1S/C18H20O3S2/c1-20-16-11-7-10-15(12-17(22-2)23(3)19)18(16)21-13-14-8-5-4-6-9-14/h4-12H,13H2,1-3H3/b17-12+. The molecule has 3 nitrogen and oxygen atoms in total. The van der Waals surface area contributed by atoms with Crippen molar-refractivity contribution in [1.82, 2.24) is 0 Å². The molecule has 0 radical (unpaired) electrons. The molecule has 0 saturated carbocycles. The lowest BCUT2D eigenvalue weighted by molar-refractivity contribution is 0.284. The van der Waals surface area contributed by atoms with Gasteiger partial charge < -0.3 is 9.47 Å². The first-order valence-corrected chi connectivity index (χ1v) is 9.87. The van der Waals surface area contributed by atoms with Crippen LogP contribution in [0.3, 0.4) is 0 Å². The first-order chi connectivity index (χ1) is 11.2. The summed E-state index contributed by atoms with van der Waals surface area (Å²) in [6.45, 7) is 0.450. The molecule has 0 aliphatic rings. The molecule has 122 valence electrons. The van der Waals surface area contributed by atoms with E-state index < -0.39 is 10.8 Å². The number of rotatable bonds is 7. The highest BCUT2D eigenvalue weighted by Crippen LogP contribution is 2.34. The van der Waals surface area contributed by atoms with Crippen molar-refractivity contribution in [3.05, 3.63) is 63.9 Å². The Morgan fingerprint density at radius 2 is 1.91 bits per heavy atom. The smallest absolute Gasteiger partial charge is 0.168 e. The number of hydrogen-bond acceptors (Lipinski definition) is 4. The molecule has 5 heteroatoms. The highest BCUT2D eigenvalue weighted by atomic mass is 32.2. The Hall–Kier alpha value is -1.72. The summed E-state index contributed by atoms with van der Waals surface area (Å²) in [6.07, 6.45) is 5.48. The van der Waals surface area contributed by atoms with E-state index in [1.54, 1.807) is 13.4 Å². The minimum atomic E-state index is -1.03. The summed E-state index contributed by atoms with van der Waals surface area (Å²) in [5.41, 5.74) is 1.94. The zero-order chi connectivity index (χ0) is 16.7. The zero-order valence-corrected chi connectivity index (χ0v) is 15.1. The first-order valence-electron chi connectivity index (χ1n) is 7.08. The maximum atomic E-state index is 11.8. The van der Waals surface area contributed by atoms with E-state index in [9.17, 15) is 4.21 Å². The molecule has 0 aliphatic carbocycles. The van der Waals surface area contributed by atoms with Crippen LogP contribution in [0.1, 0.15) is 11.1 Å². The highest BCUT2D eigenvalue weighted by Gasteiger charge is 2.11. The van der Waals surface area contributed by atoms with Gasteiger partial charge in [-0.3, -0.25) is 4.21 Å². The van der Waals surface area contributed by atoms with Crippen LogP contribution in [-0.4, -0.2) is 23.8 Å². The minimum Gasteiger partial charge on any atom is -0.493 e. The van der Waals surface area contributed by atoms with Crippen molar-refractivity contribution in [3.8, 4) is 11.5 Å². The number of benzene rings is 2. The third kappa shape index (κ3) is 4.88. The number of methoxy groups -OCH3 is 1. The lowest BCUT2D eigenvalue weighted by Crippen LogP contribution is -2.00. The number of hydrogen-bond donors (Lipinski definition) is 0. The van der Waals surface area contributed by atoms with E-state index in [2.05, 4.69) is 0 Å². The largest absolute Gasteiger partial charge is 0.493 e. The van der Waals surface area contributed by atoms with Gasteiger partial charge in [0.2, 0.25) is 0 Å². The van der Waals surface area contributed by atoms with Crippen LogP contribution in [0.4, 0.5) is 0 Å². The van der Waals surface area contributed by atoms with Crippen molar-refractivity contribution in [2.45, 2.75) is 6.61 Å². The molecule has 0 heterocycles. The molecule has 0 aromatic heterocycles. The molecule has 0 bridgehead atoms. The van der Waals surface area contributed by atoms with E-state index >= 15 is 0 Å². The van der Waals surface area contributed by atoms with E-state index in [1.807, 2.05) is 60.9 Å². The molecule has 1 unspecified atom stereocenters. The fourth-order valence-electron chi connectivity index (χ4n) is 2.08. The van der Waals surface area contributed by atoms with E-state index in [-0.39, 0.29) is 0 Å². The second-order valence-corrected chi connectivity index (χ2v) is 7.23. The fourth-order valence-corrected chi connectivity index (χ4v) is 3.55. The molecule has 2 aromatic rings. The lowest BCUT2D eigenvalue weighted by Gasteiger charge is -2.14. The Labute approximate surface area is 144 Å². The Bertz CT molecular complexity index is 697. The summed E-state index contributed by atoms with van der Waals surface area (Å²) in [5, 5.41) is 0. The van der Waals surface area contributed by atoms with E-state index in [0.717, 1.165) is 15.4 Å². The molecule has 23 heavy (non-hydrogen) atoms. The van der Waals surface area contributed by atoms with Crippen LogP contribution in [0.5, 0.6) is 11.5 Å². The highest BCUT2D eigenvalue weighted by molar-refractivity contribution is 8.16. The summed E-state index contributed by atoms with van der Waals surface area (Å²) in [5.74, 6) is 1.33. The predicted octanol–water partition coefficient (Wildman–Crippen LogP) is 4.31. The van der Waals surface area contributed by atoms with Crippen molar-refractivity contribution >= 4 is 28.6 Å². The third-order valence-corrected chi connectivity index (χ3v) is 5.62.